The van der Waals surface area contributed by atoms with E-state index in [0.29, 0.717) is 11.3 Å². The van der Waals surface area contributed by atoms with Crippen molar-refractivity contribution in [1.82, 2.24) is 0 Å². The Morgan fingerprint density at radius 1 is 1.18 bits per heavy atom. The summed E-state index contributed by atoms with van der Waals surface area (Å²) in [6, 6.07) is 3.18. The van der Waals surface area contributed by atoms with Crippen LogP contribution in [0, 0.1) is 19.7 Å². The van der Waals surface area contributed by atoms with Gasteiger partial charge < -0.3 is 4.74 Å². The van der Waals surface area contributed by atoms with E-state index in [-0.39, 0.29) is 5.82 Å². The Labute approximate surface area is 65.8 Å². The number of aryl methyl sites for hydroxylation is 2. The molecule has 1 aromatic carbocycles. The number of halogens is 1. The molecule has 2 heteroatoms. The average Bonchev–Trinajstić information content (AvgIpc) is 1.97. The van der Waals surface area contributed by atoms with Crippen molar-refractivity contribution in [3.63, 3.8) is 0 Å². The van der Waals surface area contributed by atoms with Gasteiger partial charge in [-0.1, -0.05) is 0 Å². The summed E-state index contributed by atoms with van der Waals surface area (Å²) in [4.78, 5) is 0. The molecule has 0 saturated carbocycles. The number of hydrogen-bond donors (Lipinski definition) is 0. The summed E-state index contributed by atoms with van der Waals surface area (Å²) in [6.07, 6.45) is 0. The third kappa shape index (κ3) is 1.50. The zero-order valence-electron chi connectivity index (χ0n) is 6.94. The van der Waals surface area contributed by atoms with Crippen LogP contribution < -0.4 is 4.74 Å². The lowest BCUT2D eigenvalue weighted by molar-refractivity contribution is 0.407. The number of ether oxygens (including phenoxy) is 1. The van der Waals surface area contributed by atoms with E-state index in [4.69, 9.17) is 4.74 Å². The maximum absolute atomic E-state index is 12.9. The van der Waals surface area contributed by atoms with Crippen LogP contribution >= 0.6 is 0 Å². The normalized spacial score (nSPS) is 9.82. The van der Waals surface area contributed by atoms with Crippen LogP contribution in [0.3, 0.4) is 0 Å². The van der Waals surface area contributed by atoms with E-state index in [0.717, 1.165) is 5.56 Å². The summed E-state index contributed by atoms with van der Waals surface area (Å²) in [7, 11) is 1.54. The van der Waals surface area contributed by atoms with Crippen LogP contribution in [0.25, 0.3) is 0 Å². The van der Waals surface area contributed by atoms with Crippen LogP contribution in [0.4, 0.5) is 4.39 Å². The van der Waals surface area contributed by atoms with Crippen molar-refractivity contribution < 1.29 is 9.13 Å². The van der Waals surface area contributed by atoms with Crippen LogP contribution in [0.5, 0.6) is 5.75 Å². The van der Waals surface area contributed by atoms with Crippen molar-refractivity contribution in [1.29, 1.82) is 0 Å². The quantitative estimate of drug-likeness (QED) is 0.603. The fourth-order valence-electron chi connectivity index (χ4n) is 1.03. The minimum Gasteiger partial charge on any atom is -0.496 e. The predicted molar refractivity (Wildman–Crippen MR) is 42.4 cm³/mol. The zero-order chi connectivity index (χ0) is 8.43. The van der Waals surface area contributed by atoms with Crippen LogP contribution in [0.2, 0.25) is 0 Å². The summed E-state index contributed by atoms with van der Waals surface area (Å²) in [5, 5.41) is 0. The van der Waals surface area contributed by atoms with E-state index in [1.54, 1.807) is 13.0 Å². The van der Waals surface area contributed by atoms with Gasteiger partial charge in [0.2, 0.25) is 0 Å². The molecular weight excluding hydrogens is 143 g/mol. The summed E-state index contributed by atoms with van der Waals surface area (Å²) in [5.41, 5.74) is 1.62. The first-order valence-electron chi connectivity index (χ1n) is 3.46. The predicted octanol–water partition coefficient (Wildman–Crippen LogP) is 2.45. The number of hydrogen-bond acceptors (Lipinski definition) is 1. The van der Waals surface area contributed by atoms with Gasteiger partial charge in [0.25, 0.3) is 0 Å². The second-order valence-electron chi connectivity index (χ2n) is 2.57. The van der Waals surface area contributed by atoms with Gasteiger partial charge in [0.05, 0.1) is 7.11 Å². The second kappa shape index (κ2) is 2.91. The molecule has 0 bridgehead atoms. The standard InChI is InChI=1S/C9H11FO/c1-6-4-7(2)9(11-3)5-8(6)10/h4-5H,1-3H3. The van der Waals surface area contributed by atoms with Gasteiger partial charge in [-0.2, -0.15) is 0 Å². The molecule has 0 spiro atoms. The Balaban J connectivity index is 3.21. The monoisotopic (exact) mass is 154 g/mol. The molecule has 0 saturated heterocycles. The van der Waals surface area contributed by atoms with Crippen LogP contribution in [-0.2, 0) is 0 Å². The van der Waals surface area contributed by atoms with Gasteiger partial charge in [-0.3, -0.25) is 0 Å². The van der Waals surface area contributed by atoms with E-state index >= 15 is 0 Å². The first-order valence-corrected chi connectivity index (χ1v) is 3.46. The van der Waals surface area contributed by atoms with Gasteiger partial charge in [0.1, 0.15) is 11.6 Å². The highest BCUT2D eigenvalue weighted by Crippen LogP contribution is 2.20. The molecule has 1 nitrogen and oxygen atoms in total. The summed E-state index contributed by atoms with van der Waals surface area (Å²) < 4.78 is 17.8. The Bertz CT molecular complexity index is 269. The minimum absolute atomic E-state index is 0.215. The van der Waals surface area contributed by atoms with E-state index in [1.165, 1.54) is 13.2 Å². The molecule has 11 heavy (non-hydrogen) atoms. The first-order chi connectivity index (χ1) is 5.15. The molecule has 0 N–H and O–H groups in total. The van der Waals surface area contributed by atoms with Crippen molar-refractivity contribution in [3.05, 3.63) is 29.1 Å². The van der Waals surface area contributed by atoms with Crippen molar-refractivity contribution in [2.24, 2.45) is 0 Å². The van der Waals surface area contributed by atoms with E-state index in [2.05, 4.69) is 0 Å². The molecule has 0 amide bonds. The van der Waals surface area contributed by atoms with Crippen molar-refractivity contribution in [3.8, 4) is 5.75 Å². The maximum Gasteiger partial charge on any atom is 0.129 e. The van der Waals surface area contributed by atoms with Gasteiger partial charge in [-0.05, 0) is 31.0 Å². The fraction of sp³-hybridized carbons (Fsp3) is 0.333. The molecule has 0 radical (unpaired) electrons. The summed E-state index contributed by atoms with van der Waals surface area (Å²) >= 11 is 0. The molecule has 0 aliphatic carbocycles. The largest absolute Gasteiger partial charge is 0.496 e. The lowest BCUT2D eigenvalue weighted by Gasteiger charge is -2.05. The average molecular weight is 154 g/mol. The molecule has 0 atom stereocenters. The van der Waals surface area contributed by atoms with Gasteiger partial charge in [0, 0.05) is 6.07 Å². The van der Waals surface area contributed by atoms with Gasteiger partial charge in [-0.15, -0.1) is 0 Å². The lowest BCUT2D eigenvalue weighted by atomic mass is 10.1. The van der Waals surface area contributed by atoms with Gasteiger partial charge >= 0.3 is 0 Å². The lowest BCUT2D eigenvalue weighted by Crippen LogP contribution is -1.90. The Hall–Kier alpha value is -1.05. The smallest absolute Gasteiger partial charge is 0.129 e. The molecule has 0 aliphatic heterocycles. The SMILES string of the molecule is COc1cc(F)c(C)cc1C. The molecule has 0 fully saturated rings. The highest BCUT2D eigenvalue weighted by molar-refractivity contribution is 5.36. The molecule has 1 rings (SSSR count). The van der Waals surface area contributed by atoms with Crippen molar-refractivity contribution in [2.75, 3.05) is 7.11 Å². The van der Waals surface area contributed by atoms with Crippen LogP contribution in [-0.4, -0.2) is 7.11 Å². The molecule has 60 valence electrons. The molecular formula is C9H11FO. The minimum atomic E-state index is -0.215. The number of benzene rings is 1. The third-order valence-corrected chi connectivity index (χ3v) is 1.68. The molecule has 0 aliphatic rings. The Morgan fingerprint density at radius 2 is 1.82 bits per heavy atom. The van der Waals surface area contributed by atoms with Crippen molar-refractivity contribution >= 4 is 0 Å². The molecule has 0 unspecified atom stereocenters. The van der Waals surface area contributed by atoms with Gasteiger partial charge in [-0.25, -0.2) is 4.39 Å². The third-order valence-electron chi connectivity index (χ3n) is 1.68. The fourth-order valence-corrected chi connectivity index (χ4v) is 1.03. The number of methoxy groups -OCH3 is 1. The molecule has 1 aromatic rings. The highest BCUT2D eigenvalue weighted by atomic mass is 19.1. The first kappa shape index (κ1) is 8.05. The van der Waals surface area contributed by atoms with E-state index in [9.17, 15) is 4.39 Å². The van der Waals surface area contributed by atoms with E-state index in [1.807, 2.05) is 6.92 Å². The maximum atomic E-state index is 12.9. The van der Waals surface area contributed by atoms with E-state index < -0.39 is 0 Å². The van der Waals surface area contributed by atoms with Crippen LogP contribution in [0.15, 0.2) is 12.1 Å². The van der Waals surface area contributed by atoms with Crippen LogP contribution in [0.1, 0.15) is 11.1 Å². The second-order valence-corrected chi connectivity index (χ2v) is 2.57. The highest BCUT2D eigenvalue weighted by Gasteiger charge is 2.02. The Morgan fingerprint density at radius 3 is 2.36 bits per heavy atom. The Kier molecular flexibility index (Phi) is 2.13. The summed E-state index contributed by atoms with van der Waals surface area (Å²) in [5.74, 6) is 0.389. The molecule has 0 heterocycles. The number of rotatable bonds is 1. The topological polar surface area (TPSA) is 9.23 Å². The molecule has 0 aromatic heterocycles. The zero-order valence-corrected chi connectivity index (χ0v) is 6.94. The van der Waals surface area contributed by atoms with Gasteiger partial charge in [0.15, 0.2) is 0 Å². The van der Waals surface area contributed by atoms with Crippen molar-refractivity contribution in [2.45, 2.75) is 13.8 Å². The summed E-state index contributed by atoms with van der Waals surface area (Å²) in [6.45, 7) is 3.63.